The molecule has 274 valence electrons. The van der Waals surface area contributed by atoms with Crippen LogP contribution in [0.15, 0.2) is 86.0 Å². The molecule has 2 bridgehead atoms. The van der Waals surface area contributed by atoms with Crippen molar-refractivity contribution < 1.29 is 33.8 Å². The highest BCUT2D eigenvalue weighted by atomic mass is 79.9. The molecular formula is C40H50BrN3O7. The predicted octanol–water partition coefficient (Wildman–Crippen LogP) is 5.38. The smallest absolute Gasteiger partial charge is 0.313 e. The van der Waals surface area contributed by atoms with Crippen molar-refractivity contribution in [3.05, 3.63) is 97.1 Å². The van der Waals surface area contributed by atoms with Crippen LogP contribution >= 0.6 is 15.9 Å². The zero-order valence-corrected chi connectivity index (χ0v) is 31.7. The van der Waals surface area contributed by atoms with Gasteiger partial charge in [0.2, 0.25) is 17.7 Å². The fraction of sp³-hybridized carbons (Fsp3) is 0.500. The topological polar surface area (TPSA) is 117 Å². The first-order chi connectivity index (χ1) is 24.2. The maximum Gasteiger partial charge on any atom is 0.313 e. The maximum atomic E-state index is 15.0. The lowest BCUT2D eigenvalue weighted by Crippen LogP contribution is -2.60. The number of alkyl halides is 1. The van der Waals surface area contributed by atoms with Crippen molar-refractivity contribution in [1.29, 1.82) is 0 Å². The summed E-state index contributed by atoms with van der Waals surface area (Å²) in [6.07, 6.45) is 2.79. The number of benzene rings is 2. The molecule has 10 nitrogen and oxygen atoms in total. The molecule has 9 atom stereocenters. The SMILES string of the molecule is C=CCCC(=O)N(C)[C@H](C)[C@H](OC(=O)[C@@H]1[C@H]2O[C@@]3(CC2Br)[C@H](C(=O)N(CC=C)C(C)(C)C)N([C@H](CO)c2ccccc2)C(=O)[C@@H]13)c1ccccc1. The molecule has 0 aliphatic carbocycles. The number of ether oxygens (including phenoxy) is 2. The fourth-order valence-corrected chi connectivity index (χ4v) is 9.02. The van der Waals surface area contributed by atoms with Gasteiger partial charge in [0.25, 0.3) is 0 Å². The second kappa shape index (κ2) is 15.4. The Morgan fingerprint density at radius 1 is 1.08 bits per heavy atom. The summed E-state index contributed by atoms with van der Waals surface area (Å²) >= 11 is 3.75. The van der Waals surface area contributed by atoms with Crippen molar-refractivity contribution in [2.24, 2.45) is 11.8 Å². The molecule has 11 heteroatoms. The van der Waals surface area contributed by atoms with E-state index in [0.29, 0.717) is 24.0 Å². The lowest BCUT2D eigenvalue weighted by Gasteiger charge is -2.43. The van der Waals surface area contributed by atoms with Gasteiger partial charge in [0, 0.05) is 30.4 Å². The number of likely N-dealkylation sites (tertiary alicyclic amines) is 1. The number of carbonyl (C=O) groups excluding carboxylic acids is 4. The first kappa shape index (κ1) is 38.4. The zero-order chi connectivity index (χ0) is 37.2. The molecule has 5 rings (SSSR count). The van der Waals surface area contributed by atoms with Crippen molar-refractivity contribution in [1.82, 2.24) is 14.7 Å². The molecule has 51 heavy (non-hydrogen) atoms. The summed E-state index contributed by atoms with van der Waals surface area (Å²) in [5.74, 6) is -3.69. The van der Waals surface area contributed by atoms with E-state index in [-0.39, 0.29) is 29.6 Å². The van der Waals surface area contributed by atoms with E-state index in [1.807, 2.05) is 88.4 Å². The molecule has 3 heterocycles. The number of likely N-dealkylation sites (N-methyl/N-ethyl adjacent to an activating group) is 1. The number of rotatable bonds is 14. The van der Waals surface area contributed by atoms with Crippen molar-refractivity contribution in [2.45, 2.75) is 93.3 Å². The van der Waals surface area contributed by atoms with Gasteiger partial charge in [-0.2, -0.15) is 0 Å². The average molecular weight is 765 g/mol. The van der Waals surface area contributed by atoms with Crippen LogP contribution in [0.3, 0.4) is 0 Å². The molecule has 1 N–H and O–H groups in total. The van der Waals surface area contributed by atoms with Gasteiger partial charge < -0.3 is 29.3 Å². The fourth-order valence-electron chi connectivity index (χ4n) is 8.08. The highest BCUT2D eigenvalue weighted by Crippen LogP contribution is 2.62. The number of aliphatic hydroxyl groups excluding tert-OH is 1. The van der Waals surface area contributed by atoms with Gasteiger partial charge in [-0.15, -0.1) is 13.2 Å². The van der Waals surface area contributed by atoms with E-state index < -0.39 is 71.8 Å². The van der Waals surface area contributed by atoms with Crippen LogP contribution < -0.4 is 0 Å². The lowest BCUT2D eigenvalue weighted by atomic mass is 9.70. The van der Waals surface area contributed by atoms with Crippen LogP contribution in [-0.2, 0) is 28.7 Å². The van der Waals surface area contributed by atoms with Crippen LogP contribution in [0.25, 0.3) is 0 Å². The minimum atomic E-state index is -1.38. The molecule has 0 radical (unpaired) electrons. The normalized spacial score (nSPS) is 26.9. The van der Waals surface area contributed by atoms with E-state index in [9.17, 15) is 24.3 Å². The lowest BCUT2D eigenvalue weighted by molar-refractivity contribution is -0.165. The van der Waals surface area contributed by atoms with Crippen LogP contribution in [0.2, 0.25) is 0 Å². The Balaban J connectivity index is 1.58. The van der Waals surface area contributed by atoms with Gasteiger partial charge in [0.05, 0.1) is 36.6 Å². The molecule has 1 spiro atoms. The molecule has 3 saturated heterocycles. The third-order valence-electron chi connectivity index (χ3n) is 10.7. The monoisotopic (exact) mass is 763 g/mol. The summed E-state index contributed by atoms with van der Waals surface area (Å²) in [4.78, 5) is 61.9. The number of allylic oxidation sites excluding steroid dienone is 1. The minimum absolute atomic E-state index is 0.121. The third-order valence-corrected chi connectivity index (χ3v) is 11.5. The number of carbonyl (C=O) groups is 4. The number of esters is 1. The third kappa shape index (κ3) is 7.04. The molecule has 1 unspecified atom stereocenters. The molecule has 0 saturated carbocycles. The van der Waals surface area contributed by atoms with Crippen LogP contribution in [0.5, 0.6) is 0 Å². The first-order valence-electron chi connectivity index (χ1n) is 17.6. The van der Waals surface area contributed by atoms with Crippen LogP contribution in [0, 0.1) is 11.8 Å². The summed E-state index contributed by atoms with van der Waals surface area (Å²) in [7, 11) is 1.68. The molecule has 2 aromatic carbocycles. The molecule has 2 aromatic rings. The number of fused-ring (bicyclic) bond motifs is 1. The average Bonchev–Trinajstić information content (AvgIpc) is 3.71. The van der Waals surface area contributed by atoms with Crippen molar-refractivity contribution in [3.63, 3.8) is 0 Å². The van der Waals surface area contributed by atoms with E-state index in [1.54, 1.807) is 29.0 Å². The van der Waals surface area contributed by atoms with Crippen molar-refractivity contribution in [3.8, 4) is 0 Å². The highest BCUT2D eigenvalue weighted by molar-refractivity contribution is 9.09. The standard InChI is InChI=1S/C40H50BrN3O7/c1-8-10-21-30(46)42(7)25(3)33(27-19-15-12-16-20-27)50-38(49)31-32-36(47)44(29(24-45)26-17-13-11-14-18-26)35(40(32)23-28(41)34(31)51-40)37(48)43(22-9-2)39(4,5)6/h8-9,11-20,25,28-29,31-35,45H,1-2,10,21-24H2,3-7H3/t25-,28?,29-,31+,32-,33+,34+,35+,40-/m1/s1. The minimum Gasteiger partial charge on any atom is -0.455 e. The van der Waals surface area contributed by atoms with E-state index in [0.717, 1.165) is 0 Å². The highest BCUT2D eigenvalue weighted by Gasteiger charge is 2.78. The summed E-state index contributed by atoms with van der Waals surface area (Å²) in [5.41, 5.74) is -0.681. The van der Waals surface area contributed by atoms with E-state index in [1.165, 1.54) is 4.90 Å². The van der Waals surface area contributed by atoms with Crippen molar-refractivity contribution in [2.75, 3.05) is 20.2 Å². The predicted molar refractivity (Wildman–Crippen MR) is 197 cm³/mol. The number of hydrogen-bond donors (Lipinski definition) is 1. The van der Waals surface area contributed by atoms with Gasteiger partial charge in [-0.3, -0.25) is 19.2 Å². The van der Waals surface area contributed by atoms with Gasteiger partial charge in [0.1, 0.15) is 17.7 Å². The maximum absolute atomic E-state index is 15.0. The molecule has 3 aliphatic rings. The van der Waals surface area contributed by atoms with Gasteiger partial charge in [-0.25, -0.2) is 0 Å². The molecule has 3 aliphatic heterocycles. The Labute approximate surface area is 309 Å². The van der Waals surface area contributed by atoms with E-state index in [4.69, 9.17) is 9.47 Å². The quantitative estimate of drug-likeness (QED) is 0.156. The van der Waals surface area contributed by atoms with Gasteiger partial charge in [-0.1, -0.05) is 88.7 Å². The van der Waals surface area contributed by atoms with Gasteiger partial charge >= 0.3 is 5.97 Å². The van der Waals surface area contributed by atoms with Gasteiger partial charge in [-0.05, 0) is 51.7 Å². The van der Waals surface area contributed by atoms with Crippen molar-refractivity contribution >= 4 is 39.6 Å². The summed E-state index contributed by atoms with van der Waals surface area (Å²) in [5, 5.41) is 10.9. The zero-order valence-electron chi connectivity index (χ0n) is 30.1. The molecule has 3 amide bonds. The molecule has 3 fully saturated rings. The Morgan fingerprint density at radius 2 is 1.69 bits per heavy atom. The summed E-state index contributed by atoms with van der Waals surface area (Å²) in [6.45, 7) is 14.9. The van der Waals surface area contributed by atoms with Gasteiger partial charge in [0.15, 0.2) is 0 Å². The number of amides is 3. The number of aliphatic hydroxyl groups is 1. The number of nitrogens with zero attached hydrogens (tertiary/aromatic N) is 3. The van der Waals surface area contributed by atoms with E-state index >= 15 is 0 Å². The first-order valence-corrected chi connectivity index (χ1v) is 18.5. The number of hydrogen-bond acceptors (Lipinski definition) is 7. The summed E-state index contributed by atoms with van der Waals surface area (Å²) < 4.78 is 13.1. The van der Waals surface area contributed by atoms with E-state index in [2.05, 4.69) is 29.1 Å². The largest absolute Gasteiger partial charge is 0.455 e. The Hall–Kier alpha value is -3.80. The Bertz CT molecular complexity index is 1610. The Morgan fingerprint density at radius 3 is 2.24 bits per heavy atom. The molecular weight excluding hydrogens is 714 g/mol. The van der Waals surface area contributed by atoms with Crippen LogP contribution in [-0.4, -0.2) is 97.9 Å². The van der Waals surface area contributed by atoms with Crippen LogP contribution in [0.4, 0.5) is 0 Å². The summed E-state index contributed by atoms with van der Waals surface area (Å²) in [6, 6.07) is 15.7. The van der Waals surface area contributed by atoms with Crippen LogP contribution in [0.1, 0.15) is 70.2 Å². The molecule has 0 aromatic heterocycles. The second-order valence-electron chi connectivity index (χ2n) is 14.8. The second-order valence-corrected chi connectivity index (χ2v) is 15.9. The Kier molecular flexibility index (Phi) is 11.6. The number of halogens is 1.